The van der Waals surface area contributed by atoms with Gasteiger partial charge in [0.15, 0.2) is 0 Å². The second kappa shape index (κ2) is 4.50. The average molecular weight is 235 g/mol. The summed E-state index contributed by atoms with van der Waals surface area (Å²) < 4.78 is 0. The van der Waals surface area contributed by atoms with Crippen LogP contribution < -0.4 is 5.73 Å². The van der Waals surface area contributed by atoms with Crippen LogP contribution in [-0.4, -0.2) is 34.9 Å². The van der Waals surface area contributed by atoms with Crippen LogP contribution in [0, 0.1) is 10.1 Å². The van der Waals surface area contributed by atoms with Gasteiger partial charge in [-0.15, -0.1) is 0 Å². The van der Waals surface area contributed by atoms with E-state index in [1.165, 1.54) is 12.1 Å². The van der Waals surface area contributed by atoms with E-state index in [-0.39, 0.29) is 24.1 Å². The summed E-state index contributed by atoms with van der Waals surface area (Å²) in [4.78, 5) is 23.4. The quantitative estimate of drug-likeness (QED) is 0.603. The van der Waals surface area contributed by atoms with Crippen LogP contribution in [0.25, 0.3) is 0 Å². The number of nitro groups is 1. The van der Waals surface area contributed by atoms with Gasteiger partial charge in [0.25, 0.3) is 5.69 Å². The highest BCUT2D eigenvalue weighted by Gasteiger charge is 2.27. The summed E-state index contributed by atoms with van der Waals surface area (Å²) in [6, 6.07) is 6.12. The molecular formula is C11H13N3O3. The van der Waals surface area contributed by atoms with E-state index in [0.717, 1.165) is 5.56 Å². The molecule has 2 N–H and O–H groups in total. The molecule has 0 saturated carbocycles. The molecule has 0 unspecified atom stereocenters. The van der Waals surface area contributed by atoms with Gasteiger partial charge in [-0.25, -0.2) is 0 Å². The van der Waals surface area contributed by atoms with E-state index in [0.29, 0.717) is 13.1 Å². The minimum Gasteiger partial charge on any atom is -0.339 e. The molecular weight excluding hydrogens is 222 g/mol. The van der Waals surface area contributed by atoms with Crippen LogP contribution in [0.2, 0.25) is 0 Å². The molecule has 1 amide bonds. The molecule has 6 nitrogen and oxygen atoms in total. The first-order chi connectivity index (χ1) is 8.06. The van der Waals surface area contributed by atoms with Crippen LogP contribution >= 0.6 is 0 Å². The Morgan fingerprint density at radius 3 is 2.47 bits per heavy atom. The molecule has 0 aliphatic carbocycles. The van der Waals surface area contributed by atoms with Crippen molar-refractivity contribution in [1.29, 1.82) is 0 Å². The molecule has 0 spiro atoms. The van der Waals surface area contributed by atoms with E-state index < -0.39 is 4.92 Å². The van der Waals surface area contributed by atoms with E-state index in [1.807, 2.05) is 0 Å². The third-order valence-corrected chi connectivity index (χ3v) is 2.77. The molecule has 0 atom stereocenters. The van der Waals surface area contributed by atoms with Crippen molar-refractivity contribution in [3.05, 3.63) is 39.9 Å². The molecule has 0 radical (unpaired) electrons. The summed E-state index contributed by atoms with van der Waals surface area (Å²) in [6.07, 6.45) is 0.269. The van der Waals surface area contributed by atoms with Gasteiger partial charge in [-0.1, -0.05) is 12.1 Å². The summed E-state index contributed by atoms with van der Waals surface area (Å²) in [5.74, 6) is 0.0144. The van der Waals surface area contributed by atoms with Crippen LogP contribution in [-0.2, 0) is 11.2 Å². The van der Waals surface area contributed by atoms with Crippen LogP contribution in [0.1, 0.15) is 5.56 Å². The number of carbonyl (C=O) groups excluding carboxylic acids is 1. The maximum absolute atomic E-state index is 11.7. The van der Waals surface area contributed by atoms with E-state index in [4.69, 9.17) is 5.73 Å². The van der Waals surface area contributed by atoms with Crippen molar-refractivity contribution in [2.45, 2.75) is 12.5 Å². The number of benzene rings is 1. The van der Waals surface area contributed by atoms with Crippen LogP contribution in [0.5, 0.6) is 0 Å². The van der Waals surface area contributed by atoms with E-state index in [2.05, 4.69) is 0 Å². The molecule has 1 heterocycles. The molecule has 90 valence electrons. The third-order valence-electron chi connectivity index (χ3n) is 2.77. The predicted molar refractivity (Wildman–Crippen MR) is 61.4 cm³/mol. The summed E-state index contributed by atoms with van der Waals surface area (Å²) >= 11 is 0. The Balaban J connectivity index is 1.95. The van der Waals surface area contributed by atoms with Gasteiger partial charge in [-0.05, 0) is 5.56 Å². The lowest BCUT2D eigenvalue weighted by atomic mass is 10.1. The highest BCUT2D eigenvalue weighted by molar-refractivity contribution is 5.79. The van der Waals surface area contributed by atoms with Crippen molar-refractivity contribution in [3.63, 3.8) is 0 Å². The van der Waals surface area contributed by atoms with E-state index in [1.54, 1.807) is 17.0 Å². The molecule has 1 aliphatic rings. The van der Waals surface area contributed by atoms with Crippen LogP contribution in [0.3, 0.4) is 0 Å². The maximum Gasteiger partial charge on any atom is 0.269 e. The van der Waals surface area contributed by atoms with Gasteiger partial charge in [0.05, 0.1) is 11.3 Å². The molecule has 6 heteroatoms. The number of likely N-dealkylation sites (tertiary alicyclic amines) is 1. The van der Waals surface area contributed by atoms with Crippen LogP contribution in [0.4, 0.5) is 5.69 Å². The summed E-state index contributed by atoms with van der Waals surface area (Å²) in [5, 5.41) is 10.5. The van der Waals surface area contributed by atoms with E-state index in [9.17, 15) is 14.9 Å². The Morgan fingerprint density at radius 2 is 2.00 bits per heavy atom. The Bertz CT molecular complexity index is 438. The van der Waals surface area contributed by atoms with Crippen molar-refractivity contribution in [3.8, 4) is 0 Å². The topological polar surface area (TPSA) is 89.5 Å². The zero-order valence-electron chi connectivity index (χ0n) is 9.20. The lowest BCUT2D eigenvalue weighted by Gasteiger charge is -2.36. The molecule has 0 aromatic heterocycles. The third kappa shape index (κ3) is 2.59. The maximum atomic E-state index is 11.7. The van der Waals surface area contributed by atoms with Crippen molar-refractivity contribution < 1.29 is 9.72 Å². The molecule has 17 heavy (non-hydrogen) atoms. The first-order valence-electron chi connectivity index (χ1n) is 5.33. The van der Waals surface area contributed by atoms with Crippen molar-refractivity contribution in [2.24, 2.45) is 5.73 Å². The fraction of sp³-hybridized carbons (Fsp3) is 0.364. The zero-order chi connectivity index (χ0) is 12.4. The lowest BCUT2D eigenvalue weighted by molar-refractivity contribution is -0.384. The second-order valence-corrected chi connectivity index (χ2v) is 4.16. The Labute approximate surface area is 98.2 Å². The van der Waals surface area contributed by atoms with Gasteiger partial charge < -0.3 is 10.6 Å². The smallest absolute Gasteiger partial charge is 0.269 e. The molecule has 1 aromatic carbocycles. The summed E-state index contributed by atoms with van der Waals surface area (Å²) in [5.41, 5.74) is 6.40. The highest BCUT2D eigenvalue weighted by atomic mass is 16.6. The number of rotatable bonds is 3. The minimum atomic E-state index is -0.458. The van der Waals surface area contributed by atoms with Crippen molar-refractivity contribution in [1.82, 2.24) is 4.90 Å². The van der Waals surface area contributed by atoms with E-state index >= 15 is 0 Å². The van der Waals surface area contributed by atoms with Gasteiger partial charge in [0.2, 0.25) is 5.91 Å². The number of nitrogens with zero attached hydrogens (tertiary/aromatic N) is 2. The minimum absolute atomic E-state index is 0.0144. The zero-order valence-corrected chi connectivity index (χ0v) is 9.20. The number of nitrogens with two attached hydrogens (primary N) is 1. The molecule has 1 fully saturated rings. The first-order valence-corrected chi connectivity index (χ1v) is 5.33. The number of non-ortho nitro benzene ring substituents is 1. The van der Waals surface area contributed by atoms with Gasteiger partial charge in [-0.2, -0.15) is 0 Å². The predicted octanol–water partition coefficient (Wildman–Crippen LogP) is 0.307. The number of nitro benzene ring substituents is 1. The number of hydrogen-bond donors (Lipinski definition) is 1. The first kappa shape index (κ1) is 11.5. The lowest BCUT2D eigenvalue weighted by Crippen LogP contribution is -2.58. The largest absolute Gasteiger partial charge is 0.339 e. The van der Waals surface area contributed by atoms with Gasteiger partial charge >= 0.3 is 0 Å². The van der Waals surface area contributed by atoms with Gasteiger partial charge in [0, 0.05) is 31.3 Å². The number of amides is 1. The molecule has 1 aromatic rings. The Kier molecular flexibility index (Phi) is 3.06. The number of hydrogen-bond acceptors (Lipinski definition) is 4. The fourth-order valence-corrected chi connectivity index (χ4v) is 1.74. The fourth-order valence-electron chi connectivity index (χ4n) is 1.74. The average Bonchev–Trinajstić information content (AvgIpc) is 2.25. The van der Waals surface area contributed by atoms with Gasteiger partial charge in [0.1, 0.15) is 0 Å². The summed E-state index contributed by atoms with van der Waals surface area (Å²) in [6.45, 7) is 1.21. The normalized spacial score (nSPS) is 15.5. The second-order valence-electron chi connectivity index (χ2n) is 4.16. The Hall–Kier alpha value is -1.95. The Morgan fingerprint density at radius 1 is 1.41 bits per heavy atom. The molecule has 1 saturated heterocycles. The van der Waals surface area contributed by atoms with Crippen molar-refractivity contribution >= 4 is 11.6 Å². The molecule has 1 aliphatic heterocycles. The SMILES string of the molecule is NC1CN(C(=O)Cc2ccc([N+](=O)[O-])cc2)C1. The van der Waals surface area contributed by atoms with Crippen LogP contribution in [0.15, 0.2) is 24.3 Å². The van der Waals surface area contributed by atoms with Gasteiger partial charge in [-0.3, -0.25) is 14.9 Å². The van der Waals surface area contributed by atoms with Crippen molar-refractivity contribution in [2.75, 3.05) is 13.1 Å². The molecule has 2 rings (SSSR count). The highest BCUT2D eigenvalue weighted by Crippen LogP contribution is 2.14. The molecule has 0 bridgehead atoms. The monoisotopic (exact) mass is 235 g/mol. The summed E-state index contributed by atoms with van der Waals surface area (Å²) in [7, 11) is 0. The number of carbonyl (C=O) groups is 1. The standard InChI is InChI=1S/C11H13N3O3/c12-9-6-13(7-9)11(15)5-8-1-3-10(4-2-8)14(16)17/h1-4,9H,5-7,12H2.